The van der Waals surface area contributed by atoms with Crippen molar-refractivity contribution < 1.29 is 9.18 Å². The van der Waals surface area contributed by atoms with E-state index in [4.69, 9.17) is 0 Å². The number of hydrogen-bond donors (Lipinski definition) is 0. The van der Waals surface area contributed by atoms with E-state index in [-0.39, 0.29) is 11.7 Å². The van der Waals surface area contributed by atoms with Crippen LogP contribution in [0.15, 0.2) is 47.6 Å². The Morgan fingerprint density at radius 3 is 2.76 bits per heavy atom. The van der Waals surface area contributed by atoms with Gasteiger partial charge in [-0.15, -0.1) is 11.8 Å². The fraction of sp³-hybridized carbons (Fsp3) is 0.368. The molecule has 25 heavy (non-hydrogen) atoms. The molecule has 0 bridgehead atoms. The number of aromatic nitrogens is 1. The van der Waals surface area contributed by atoms with Crippen LogP contribution in [0.2, 0.25) is 0 Å². The first-order valence-electron chi connectivity index (χ1n) is 8.43. The van der Waals surface area contributed by atoms with Gasteiger partial charge >= 0.3 is 0 Å². The number of thioether (sulfide) groups is 1. The highest BCUT2D eigenvalue weighted by molar-refractivity contribution is 7.98. The lowest BCUT2D eigenvalue weighted by atomic mass is 10.2. The highest BCUT2D eigenvalue weighted by Gasteiger charge is 2.21. The molecule has 0 unspecified atom stereocenters. The molecule has 1 saturated heterocycles. The summed E-state index contributed by atoms with van der Waals surface area (Å²) in [6, 6.07) is 10.1. The van der Waals surface area contributed by atoms with Gasteiger partial charge in [0.05, 0.1) is 5.56 Å². The van der Waals surface area contributed by atoms with Crippen molar-refractivity contribution >= 4 is 17.7 Å². The quantitative estimate of drug-likeness (QED) is 0.785. The van der Waals surface area contributed by atoms with Gasteiger partial charge in [0.1, 0.15) is 10.8 Å². The summed E-state index contributed by atoms with van der Waals surface area (Å²) in [6.07, 6.45) is 2.69. The summed E-state index contributed by atoms with van der Waals surface area (Å²) < 4.78 is 13.0. The van der Waals surface area contributed by atoms with E-state index in [1.165, 1.54) is 23.9 Å². The predicted octanol–water partition coefficient (Wildman–Crippen LogP) is 3.29. The third-order valence-corrected chi connectivity index (χ3v) is 5.37. The second kappa shape index (κ2) is 8.45. The summed E-state index contributed by atoms with van der Waals surface area (Å²) in [5.74, 6) is 0.457. The number of rotatable bonds is 4. The monoisotopic (exact) mass is 359 g/mol. The van der Waals surface area contributed by atoms with Gasteiger partial charge in [0.25, 0.3) is 5.91 Å². The molecular weight excluding hydrogens is 337 g/mol. The smallest absolute Gasteiger partial charge is 0.256 e. The van der Waals surface area contributed by atoms with Crippen molar-refractivity contribution in [3.8, 4) is 0 Å². The van der Waals surface area contributed by atoms with Gasteiger partial charge in [-0.3, -0.25) is 4.79 Å². The van der Waals surface area contributed by atoms with Crippen molar-refractivity contribution in [3.63, 3.8) is 0 Å². The lowest BCUT2D eigenvalue weighted by Crippen LogP contribution is -2.34. The van der Waals surface area contributed by atoms with Crippen LogP contribution >= 0.6 is 11.8 Å². The average Bonchev–Trinajstić information content (AvgIpc) is 2.85. The first-order chi connectivity index (χ1) is 12.1. The molecule has 1 aromatic carbocycles. The number of carbonyl (C=O) groups excluding carboxylic acids is 1. The molecule has 1 aliphatic rings. The lowest BCUT2D eigenvalue weighted by Gasteiger charge is -2.21. The standard InChI is InChI=1S/C19H22FN3OS/c1-22-10-3-11-23(13-12-22)19(24)17-4-2-9-21-18(17)25-14-15-5-7-16(20)8-6-15/h2,4-9H,3,10-14H2,1H3. The molecule has 0 aliphatic carbocycles. The second-order valence-electron chi connectivity index (χ2n) is 6.22. The van der Waals surface area contributed by atoms with Crippen molar-refractivity contribution in [2.45, 2.75) is 17.2 Å². The first kappa shape index (κ1) is 17.9. The third-order valence-electron chi connectivity index (χ3n) is 4.30. The molecule has 1 amide bonds. The van der Waals surface area contributed by atoms with Gasteiger partial charge in [-0.1, -0.05) is 12.1 Å². The van der Waals surface area contributed by atoms with Crippen LogP contribution in [0.1, 0.15) is 22.3 Å². The van der Waals surface area contributed by atoms with Crippen molar-refractivity contribution in [1.29, 1.82) is 0 Å². The lowest BCUT2D eigenvalue weighted by molar-refractivity contribution is 0.0758. The third kappa shape index (κ3) is 4.80. The zero-order valence-electron chi connectivity index (χ0n) is 14.3. The van der Waals surface area contributed by atoms with Gasteiger partial charge in [0, 0.05) is 31.6 Å². The first-order valence-corrected chi connectivity index (χ1v) is 9.42. The van der Waals surface area contributed by atoms with Crippen molar-refractivity contribution in [1.82, 2.24) is 14.8 Å². The van der Waals surface area contributed by atoms with Crippen LogP contribution in [-0.2, 0) is 5.75 Å². The minimum atomic E-state index is -0.242. The van der Waals surface area contributed by atoms with Crippen LogP contribution < -0.4 is 0 Å². The molecule has 1 aromatic heterocycles. The van der Waals surface area contributed by atoms with E-state index in [0.29, 0.717) is 11.3 Å². The topological polar surface area (TPSA) is 36.4 Å². The van der Waals surface area contributed by atoms with Crippen LogP contribution in [0.3, 0.4) is 0 Å². The summed E-state index contributed by atoms with van der Waals surface area (Å²) >= 11 is 1.51. The maximum Gasteiger partial charge on any atom is 0.256 e. The number of amides is 1. The molecule has 0 radical (unpaired) electrons. The summed E-state index contributed by atoms with van der Waals surface area (Å²) in [5, 5.41) is 0.731. The van der Waals surface area contributed by atoms with E-state index in [9.17, 15) is 9.18 Å². The highest BCUT2D eigenvalue weighted by Crippen LogP contribution is 2.25. The molecule has 0 spiro atoms. The normalized spacial score (nSPS) is 15.8. The maximum absolute atomic E-state index is 13.0. The molecule has 1 aliphatic heterocycles. The number of pyridine rings is 1. The Balaban J connectivity index is 1.71. The van der Waals surface area contributed by atoms with E-state index < -0.39 is 0 Å². The summed E-state index contributed by atoms with van der Waals surface area (Å²) in [7, 11) is 2.09. The Labute approximate surface area is 152 Å². The van der Waals surface area contributed by atoms with E-state index >= 15 is 0 Å². The van der Waals surface area contributed by atoms with Crippen LogP contribution in [0.25, 0.3) is 0 Å². The fourth-order valence-electron chi connectivity index (χ4n) is 2.82. The van der Waals surface area contributed by atoms with Gasteiger partial charge in [0.2, 0.25) is 0 Å². The zero-order valence-corrected chi connectivity index (χ0v) is 15.1. The van der Waals surface area contributed by atoms with Crippen LogP contribution in [0.5, 0.6) is 0 Å². The Hall–Kier alpha value is -1.92. The molecule has 0 atom stereocenters. The zero-order chi connectivity index (χ0) is 17.6. The Bertz CT molecular complexity index is 723. The SMILES string of the molecule is CN1CCCN(C(=O)c2cccnc2SCc2ccc(F)cc2)CC1. The highest BCUT2D eigenvalue weighted by atomic mass is 32.2. The van der Waals surface area contributed by atoms with Gasteiger partial charge < -0.3 is 9.80 Å². The molecule has 2 heterocycles. The van der Waals surface area contributed by atoms with Crippen molar-refractivity contribution in [2.24, 2.45) is 0 Å². The minimum Gasteiger partial charge on any atom is -0.337 e. The molecule has 3 rings (SSSR count). The van der Waals surface area contributed by atoms with Crippen molar-refractivity contribution in [2.75, 3.05) is 33.2 Å². The van der Waals surface area contributed by atoms with Gasteiger partial charge in [0.15, 0.2) is 0 Å². The molecule has 132 valence electrons. The fourth-order valence-corrected chi connectivity index (χ4v) is 3.76. The van der Waals surface area contributed by atoms with Crippen LogP contribution in [-0.4, -0.2) is 53.9 Å². The number of carbonyl (C=O) groups is 1. The summed E-state index contributed by atoms with van der Waals surface area (Å²) in [5.41, 5.74) is 1.66. The van der Waals surface area contributed by atoms with E-state index in [2.05, 4.69) is 16.9 Å². The molecule has 4 nitrogen and oxygen atoms in total. The van der Waals surface area contributed by atoms with Crippen molar-refractivity contribution in [3.05, 3.63) is 59.5 Å². The number of hydrogen-bond acceptors (Lipinski definition) is 4. The number of nitrogens with zero attached hydrogens (tertiary/aromatic N) is 3. The minimum absolute atomic E-state index is 0.0463. The van der Waals surface area contributed by atoms with Crippen LogP contribution in [0.4, 0.5) is 4.39 Å². The van der Waals surface area contributed by atoms with Gasteiger partial charge in [-0.05, 0) is 49.8 Å². The Kier molecular flexibility index (Phi) is 6.04. The number of likely N-dealkylation sites (N-methyl/N-ethyl adjacent to an activating group) is 1. The largest absolute Gasteiger partial charge is 0.337 e. The average molecular weight is 359 g/mol. The Morgan fingerprint density at radius 2 is 1.96 bits per heavy atom. The van der Waals surface area contributed by atoms with Crippen LogP contribution in [0, 0.1) is 5.82 Å². The molecule has 2 aromatic rings. The number of benzene rings is 1. The second-order valence-corrected chi connectivity index (χ2v) is 7.18. The van der Waals surface area contributed by atoms with E-state index in [1.807, 2.05) is 11.0 Å². The van der Waals surface area contributed by atoms with E-state index in [0.717, 1.165) is 43.2 Å². The predicted molar refractivity (Wildman–Crippen MR) is 98.2 cm³/mol. The summed E-state index contributed by atoms with van der Waals surface area (Å²) in [4.78, 5) is 21.5. The molecule has 6 heteroatoms. The van der Waals surface area contributed by atoms with Gasteiger partial charge in [-0.2, -0.15) is 0 Å². The maximum atomic E-state index is 13.0. The molecular formula is C19H22FN3OS. The summed E-state index contributed by atoms with van der Waals surface area (Å²) in [6.45, 7) is 3.43. The Morgan fingerprint density at radius 1 is 1.16 bits per heavy atom. The van der Waals surface area contributed by atoms with Gasteiger partial charge in [-0.25, -0.2) is 9.37 Å². The molecule has 1 fully saturated rings. The molecule has 0 saturated carbocycles. The molecule has 0 N–H and O–H groups in total. The van der Waals surface area contributed by atoms with E-state index in [1.54, 1.807) is 24.4 Å². The number of halogens is 1.